The van der Waals surface area contributed by atoms with Crippen LogP contribution in [0.2, 0.25) is 0 Å². The van der Waals surface area contributed by atoms with Gasteiger partial charge in [-0.3, -0.25) is 4.90 Å². The van der Waals surface area contributed by atoms with Crippen LogP contribution >= 0.6 is 0 Å². The zero-order valence-electron chi connectivity index (χ0n) is 16.9. The van der Waals surface area contributed by atoms with Crippen LogP contribution in [0, 0.1) is 17.5 Å². The van der Waals surface area contributed by atoms with E-state index in [0.29, 0.717) is 16.4 Å². The molecule has 33 heavy (non-hydrogen) atoms. The molecule has 0 saturated heterocycles. The molecule has 1 aliphatic heterocycles. The van der Waals surface area contributed by atoms with E-state index in [-0.39, 0.29) is 21.2 Å². The third kappa shape index (κ3) is 3.95. The van der Waals surface area contributed by atoms with Gasteiger partial charge in [0.15, 0.2) is 9.84 Å². The lowest BCUT2D eigenvalue weighted by Gasteiger charge is -2.36. The van der Waals surface area contributed by atoms with Gasteiger partial charge >= 0.3 is 6.03 Å². The number of hydrogen-bond acceptors (Lipinski definition) is 5. The van der Waals surface area contributed by atoms with E-state index in [9.17, 15) is 34.8 Å². The number of sulfone groups is 1. The maximum Gasteiger partial charge on any atom is 0.343 e. The van der Waals surface area contributed by atoms with Crippen molar-refractivity contribution in [3.8, 4) is 0 Å². The van der Waals surface area contributed by atoms with Gasteiger partial charge in [0.1, 0.15) is 22.3 Å². The zero-order chi connectivity index (χ0) is 24.1. The van der Waals surface area contributed by atoms with Crippen LogP contribution in [0.4, 0.5) is 29.3 Å². The first kappa shape index (κ1) is 22.8. The highest BCUT2D eigenvalue weighted by Crippen LogP contribution is 2.38. The minimum Gasteiger partial charge on any atom is -0.287 e. The standard InChI is InChI=1S/C21H15F3N2O5S2/c1-32(28,29)15-6-4-5-14(11-15)26-21(27)25(12-16-17(23)9-13(22)10-18(16)24)19-7-2-3-8-20(19)33(26,30)31/h2-11H,12H2,1H3. The summed E-state index contributed by atoms with van der Waals surface area (Å²) in [5, 5.41) is 0. The van der Waals surface area contributed by atoms with Crippen LogP contribution in [0.25, 0.3) is 0 Å². The van der Waals surface area contributed by atoms with Gasteiger partial charge in [0.2, 0.25) is 0 Å². The van der Waals surface area contributed by atoms with Crippen LogP contribution in [-0.2, 0) is 26.4 Å². The lowest BCUT2D eigenvalue weighted by atomic mass is 10.1. The fourth-order valence-electron chi connectivity index (χ4n) is 3.44. The molecule has 12 heteroatoms. The van der Waals surface area contributed by atoms with E-state index in [2.05, 4.69) is 0 Å². The van der Waals surface area contributed by atoms with Gasteiger partial charge in [-0.15, -0.1) is 0 Å². The molecule has 172 valence electrons. The number of amides is 2. The van der Waals surface area contributed by atoms with E-state index in [4.69, 9.17) is 0 Å². The molecule has 0 aliphatic carbocycles. The molecule has 0 spiro atoms. The second-order valence-electron chi connectivity index (χ2n) is 7.22. The Morgan fingerprint density at radius 3 is 2.18 bits per heavy atom. The minimum absolute atomic E-state index is 0.138. The highest BCUT2D eigenvalue weighted by atomic mass is 32.2. The molecular formula is C21H15F3N2O5S2. The van der Waals surface area contributed by atoms with Gasteiger partial charge in [-0.2, -0.15) is 4.31 Å². The average molecular weight is 496 g/mol. The monoisotopic (exact) mass is 496 g/mol. The Morgan fingerprint density at radius 2 is 1.55 bits per heavy atom. The summed E-state index contributed by atoms with van der Waals surface area (Å²) in [7, 11) is -8.24. The SMILES string of the molecule is CS(=O)(=O)c1cccc(N2C(=O)N(Cc3c(F)cc(F)cc3F)c3ccccc3S2(=O)=O)c1. The maximum absolute atomic E-state index is 14.3. The zero-order valence-corrected chi connectivity index (χ0v) is 18.5. The number of benzene rings is 3. The van der Waals surface area contributed by atoms with Gasteiger partial charge in [0.05, 0.1) is 22.8 Å². The molecule has 0 radical (unpaired) electrons. The smallest absolute Gasteiger partial charge is 0.287 e. The van der Waals surface area contributed by atoms with E-state index >= 15 is 0 Å². The Labute approximate surface area is 187 Å². The van der Waals surface area contributed by atoms with Crippen molar-refractivity contribution in [2.75, 3.05) is 15.5 Å². The first-order valence-electron chi connectivity index (χ1n) is 9.30. The van der Waals surface area contributed by atoms with Crippen molar-refractivity contribution >= 4 is 37.3 Å². The topological polar surface area (TPSA) is 91.8 Å². The third-order valence-electron chi connectivity index (χ3n) is 4.98. The highest BCUT2D eigenvalue weighted by molar-refractivity contribution is 7.94. The number of sulfonamides is 1. The van der Waals surface area contributed by atoms with Gasteiger partial charge in [0, 0.05) is 24.0 Å². The fourth-order valence-corrected chi connectivity index (χ4v) is 5.68. The maximum atomic E-state index is 14.3. The lowest BCUT2D eigenvalue weighted by molar-refractivity contribution is 0.253. The normalized spacial score (nSPS) is 15.5. The molecule has 1 heterocycles. The molecule has 4 rings (SSSR count). The number of urea groups is 1. The molecule has 3 aromatic carbocycles. The summed E-state index contributed by atoms with van der Waals surface area (Å²) in [4.78, 5) is 13.6. The molecule has 0 fully saturated rings. The summed E-state index contributed by atoms with van der Waals surface area (Å²) in [6.45, 7) is -0.744. The summed E-state index contributed by atoms with van der Waals surface area (Å²) in [5.41, 5.74) is -1.06. The van der Waals surface area contributed by atoms with Crippen LogP contribution in [-0.4, -0.2) is 29.1 Å². The molecule has 0 saturated carbocycles. The largest absolute Gasteiger partial charge is 0.343 e. The van der Waals surface area contributed by atoms with Crippen molar-refractivity contribution < 1.29 is 34.8 Å². The van der Waals surface area contributed by atoms with Crippen molar-refractivity contribution in [3.63, 3.8) is 0 Å². The van der Waals surface area contributed by atoms with Crippen molar-refractivity contribution in [2.24, 2.45) is 0 Å². The van der Waals surface area contributed by atoms with Crippen molar-refractivity contribution in [1.82, 2.24) is 0 Å². The van der Waals surface area contributed by atoms with Crippen LogP contribution in [0.1, 0.15) is 5.56 Å². The Bertz CT molecular complexity index is 1480. The molecule has 0 bridgehead atoms. The first-order valence-corrected chi connectivity index (χ1v) is 12.6. The minimum atomic E-state index is -4.50. The predicted molar refractivity (Wildman–Crippen MR) is 114 cm³/mol. The Balaban J connectivity index is 1.91. The summed E-state index contributed by atoms with van der Waals surface area (Å²) in [6.07, 6.45) is 0.917. The number of fused-ring (bicyclic) bond motifs is 1. The number of halogens is 3. The quantitative estimate of drug-likeness (QED) is 0.547. The number of hydrogen-bond donors (Lipinski definition) is 0. The molecule has 0 aromatic heterocycles. The van der Waals surface area contributed by atoms with Crippen LogP contribution in [0.5, 0.6) is 0 Å². The van der Waals surface area contributed by atoms with E-state index < -0.39 is 55.5 Å². The Hall–Kier alpha value is -3.38. The third-order valence-corrected chi connectivity index (χ3v) is 7.84. The van der Waals surface area contributed by atoms with Crippen molar-refractivity contribution in [3.05, 3.63) is 83.7 Å². The van der Waals surface area contributed by atoms with Gasteiger partial charge in [-0.1, -0.05) is 18.2 Å². The molecule has 1 aliphatic rings. The van der Waals surface area contributed by atoms with Gasteiger partial charge < -0.3 is 0 Å². The Kier molecular flexibility index (Phi) is 5.45. The summed E-state index contributed by atoms with van der Waals surface area (Å²) in [6, 6.07) is 9.75. The van der Waals surface area contributed by atoms with E-state index in [1.165, 1.54) is 42.5 Å². The molecule has 0 unspecified atom stereocenters. The van der Waals surface area contributed by atoms with Crippen LogP contribution < -0.4 is 9.21 Å². The van der Waals surface area contributed by atoms with E-state index in [1.54, 1.807) is 0 Å². The van der Waals surface area contributed by atoms with Crippen molar-refractivity contribution in [2.45, 2.75) is 16.3 Å². The van der Waals surface area contributed by atoms with Gasteiger partial charge in [-0.25, -0.2) is 34.8 Å². The number of rotatable bonds is 4. The molecule has 0 N–H and O–H groups in total. The molecule has 2 amide bonds. The molecule has 3 aromatic rings. The second kappa shape index (κ2) is 7.89. The lowest BCUT2D eigenvalue weighted by Crippen LogP contribution is -2.51. The number of anilines is 2. The van der Waals surface area contributed by atoms with E-state index in [1.807, 2.05) is 0 Å². The fraction of sp³-hybridized carbons (Fsp3) is 0.0952. The summed E-state index contributed by atoms with van der Waals surface area (Å²) < 4.78 is 92.8. The number of carbonyl (C=O) groups is 1. The van der Waals surface area contributed by atoms with Crippen LogP contribution in [0.15, 0.2) is 70.5 Å². The number of carbonyl (C=O) groups excluding carboxylic acids is 1. The highest BCUT2D eigenvalue weighted by Gasteiger charge is 2.43. The van der Waals surface area contributed by atoms with E-state index in [0.717, 1.165) is 17.2 Å². The van der Waals surface area contributed by atoms with Gasteiger partial charge in [-0.05, 0) is 30.3 Å². The van der Waals surface area contributed by atoms with Crippen molar-refractivity contribution in [1.29, 1.82) is 0 Å². The predicted octanol–water partition coefficient (Wildman–Crippen LogP) is 3.84. The summed E-state index contributed by atoms with van der Waals surface area (Å²) >= 11 is 0. The van der Waals surface area contributed by atoms with Gasteiger partial charge in [0.25, 0.3) is 10.0 Å². The Morgan fingerprint density at radius 1 is 0.909 bits per heavy atom. The second-order valence-corrected chi connectivity index (χ2v) is 11.0. The first-order chi connectivity index (χ1) is 15.4. The molecule has 0 atom stereocenters. The summed E-state index contributed by atoms with van der Waals surface area (Å²) in [5.74, 6) is -3.66. The van der Waals surface area contributed by atoms with Crippen LogP contribution in [0.3, 0.4) is 0 Å². The molecular weight excluding hydrogens is 481 g/mol. The number of para-hydroxylation sites is 1. The molecule has 7 nitrogen and oxygen atoms in total. The average Bonchev–Trinajstić information content (AvgIpc) is 2.72. The number of nitrogens with zero attached hydrogens (tertiary/aromatic N) is 2.